The number of benzene rings is 7. The highest BCUT2D eigenvalue weighted by Crippen LogP contribution is 2.65. The minimum atomic E-state index is -0.316. The average Bonchev–Trinajstić information content (AvgIpc) is 3.80. The molecule has 2 aliphatic carbocycles. The predicted octanol–water partition coefficient (Wildman–Crippen LogP) is 13.2. The fraction of sp³-hybridized carbons (Fsp3) is 0.0612. The lowest BCUT2D eigenvalue weighted by atomic mass is 9.70. The molecule has 7 aromatic carbocycles. The van der Waals surface area contributed by atoms with Crippen molar-refractivity contribution in [1.29, 1.82) is 0 Å². The zero-order valence-electron chi connectivity index (χ0n) is 28.1. The van der Waals surface area contributed by atoms with Gasteiger partial charge in [-0.2, -0.15) is 0 Å². The Morgan fingerprint density at radius 2 is 1.24 bits per heavy atom. The lowest BCUT2D eigenvalue weighted by Crippen LogP contribution is -2.25. The van der Waals surface area contributed by atoms with Crippen molar-refractivity contribution in [3.8, 4) is 21.6 Å². The van der Waals surface area contributed by atoms with Gasteiger partial charge in [0.15, 0.2) is 0 Å². The maximum absolute atomic E-state index is 3.00. The molecule has 0 saturated carbocycles. The summed E-state index contributed by atoms with van der Waals surface area (Å²) in [7, 11) is 0. The van der Waals surface area contributed by atoms with E-state index in [0.29, 0.717) is 0 Å². The van der Waals surface area contributed by atoms with E-state index in [1.165, 1.54) is 92.5 Å². The van der Waals surface area contributed by atoms with Crippen LogP contribution in [0, 0.1) is 6.92 Å². The molecule has 1 heterocycles. The molecule has 0 atom stereocenters. The van der Waals surface area contributed by atoms with Gasteiger partial charge in [0, 0.05) is 9.58 Å². The molecule has 238 valence electrons. The first-order valence-electron chi connectivity index (χ1n) is 17.3. The third-order valence-electron chi connectivity index (χ3n) is 10.7. The smallest absolute Gasteiger partial charge is 0.0740 e. The first-order valence-corrected chi connectivity index (χ1v) is 18.1. The maximum atomic E-state index is 3.00. The van der Waals surface area contributed by atoms with Crippen LogP contribution in [0.2, 0.25) is 0 Å². The van der Waals surface area contributed by atoms with E-state index < -0.39 is 0 Å². The molecule has 0 N–H and O–H groups in total. The summed E-state index contributed by atoms with van der Waals surface area (Å²) in [4.78, 5) is 1.41. The second-order valence-electron chi connectivity index (χ2n) is 13.2. The van der Waals surface area contributed by atoms with Crippen molar-refractivity contribution < 1.29 is 0 Å². The topological polar surface area (TPSA) is 0 Å². The van der Waals surface area contributed by atoms with E-state index in [2.05, 4.69) is 184 Å². The quantitative estimate of drug-likeness (QED) is 0.165. The normalized spacial score (nSPS) is 13.4. The molecule has 8 aromatic rings. The molecule has 0 unspecified atom stereocenters. The molecule has 0 radical (unpaired) electrons. The second kappa shape index (κ2) is 12.0. The van der Waals surface area contributed by atoms with Gasteiger partial charge in [-0.1, -0.05) is 146 Å². The molecule has 1 aromatic heterocycles. The lowest BCUT2D eigenvalue weighted by molar-refractivity contribution is 0.802. The summed E-state index contributed by atoms with van der Waals surface area (Å²) in [5.74, 6) is 0. The minimum absolute atomic E-state index is 0.316. The van der Waals surface area contributed by atoms with Crippen LogP contribution in [0.4, 0.5) is 0 Å². The van der Waals surface area contributed by atoms with E-state index in [0.717, 1.165) is 6.42 Å². The van der Waals surface area contributed by atoms with Gasteiger partial charge in [-0.25, -0.2) is 0 Å². The number of allylic oxidation sites excluding steroid dienone is 1. The highest BCUT2D eigenvalue weighted by molar-refractivity contribution is 7.22. The van der Waals surface area contributed by atoms with Gasteiger partial charge in [0.25, 0.3) is 0 Å². The molecule has 1 spiro atoms. The second-order valence-corrected chi connectivity index (χ2v) is 14.3. The molecule has 0 amide bonds. The number of fused-ring (bicyclic) bond motifs is 13. The molecule has 10 rings (SSSR count). The first kappa shape index (κ1) is 30.3. The Morgan fingerprint density at radius 3 is 2.02 bits per heavy atom. The molecule has 0 fully saturated rings. The Hall–Kier alpha value is -5.76. The number of thiophene rings is 1. The van der Waals surface area contributed by atoms with Crippen LogP contribution in [0.15, 0.2) is 177 Å². The summed E-state index contributed by atoms with van der Waals surface area (Å²) >= 11 is 1.95. The molecule has 2 aliphatic rings. The van der Waals surface area contributed by atoms with E-state index in [1.54, 1.807) is 0 Å². The molecular weight excluding hydrogens is 621 g/mol. The molecular formula is C49H36S. The van der Waals surface area contributed by atoms with Crippen LogP contribution < -0.4 is 0 Å². The number of rotatable bonds is 4. The third-order valence-corrected chi connectivity index (χ3v) is 11.9. The van der Waals surface area contributed by atoms with Crippen molar-refractivity contribution in [1.82, 2.24) is 0 Å². The third kappa shape index (κ3) is 4.37. The van der Waals surface area contributed by atoms with Crippen LogP contribution >= 0.6 is 11.3 Å². The molecule has 50 heavy (non-hydrogen) atoms. The van der Waals surface area contributed by atoms with Crippen LogP contribution in [0.1, 0.15) is 44.5 Å². The monoisotopic (exact) mass is 656 g/mol. The molecule has 0 aliphatic heterocycles. The van der Waals surface area contributed by atoms with Crippen molar-refractivity contribution in [2.45, 2.75) is 18.8 Å². The Balaban J connectivity index is 0.00000165. The number of hydrogen-bond acceptors (Lipinski definition) is 1. The van der Waals surface area contributed by atoms with Crippen LogP contribution in [-0.2, 0) is 11.8 Å². The number of hydrogen-bond donors (Lipinski definition) is 0. The molecule has 0 nitrogen and oxygen atoms in total. The zero-order valence-corrected chi connectivity index (χ0v) is 28.9. The highest BCUT2D eigenvalue weighted by Gasteiger charge is 2.53. The van der Waals surface area contributed by atoms with E-state index in [4.69, 9.17) is 0 Å². The lowest BCUT2D eigenvalue weighted by Gasteiger charge is -2.30. The van der Waals surface area contributed by atoms with Gasteiger partial charge in [-0.05, 0) is 114 Å². The van der Waals surface area contributed by atoms with Crippen molar-refractivity contribution >= 4 is 37.8 Å². The fourth-order valence-electron chi connectivity index (χ4n) is 8.61. The number of aryl methyl sites for hydroxylation is 1. The van der Waals surface area contributed by atoms with Gasteiger partial charge >= 0.3 is 0 Å². The van der Waals surface area contributed by atoms with Gasteiger partial charge in [0.1, 0.15) is 0 Å². The Kier molecular flexibility index (Phi) is 7.26. The minimum Gasteiger partial charge on any atom is -0.135 e. The van der Waals surface area contributed by atoms with Gasteiger partial charge in [-0.3, -0.25) is 0 Å². The Labute approximate surface area is 298 Å². The summed E-state index contributed by atoms with van der Waals surface area (Å²) in [6.45, 7) is 8.22. The van der Waals surface area contributed by atoms with Crippen LogP contribution in [0.25, 0.3) is 48.0 Å². The van der Waals surface area contributed by atoms with Gasteiger partial charge in [0.05, 0.1) is 5.41 Å². The first-order chi connectivity index (χ1) is 24.7. The Bertz CT molecular complexity index is 2580. The molecule has 1 heteroatoms. The maximum Gasteiger partial charge on any atom is 0.0740 e. The predicted molar refractivity (Wildman–Crippen MR) is 215 cm³/mol. The summed E-state index contributed by atoms with van der Waals surface area (Å²) in [6, 6.07) is 58.8. The van der Waals surface area contributed by atoms with E-state index >= 15 is 0 Å². The van der Waals surface area contributed by atoms with Crippen LogP contribution in [0.3, 0.4) is 0 Å². The highest BCUT2D eigenvalue weighted by atomic mass is 32.1. The van der Waals surface area contributed by atoms with Crippen molar-refractivity contribution in [2.24, 2.45) is 0 Å². The molecule has 0 saturated heterocycles. The SMILES string of the molecule is C=C.Cc1ccccc1/C(=C\Cc1ccc2c(c1)-c1sc3ccccc3c1C21c2ccccc2-c2ccccc21)c1ccc2ccccc2c1. The zero-order chi connectivity index (χ0) is 33.8. The Morgan fingerprint density at radius 1 is 0.600 bits per heavy atom. The van der Waals surface area contributed by atoms with Gasteiger partial charge in [0.2, 0.25) is 0 Å². The van der Waals surface area contributed by atoms with E-state index in [9.17, 15) is 0 Å². The van der Waals surface area contributed by atoms with E-state index in [-0.39, 0.29) is 5.41 Å². The average molecular weight is 657 g/mol. The van der Waals surface area contributed by atoms with Gasteiger partial charge in [-0.15, -0.1) is 24.5 Å². The van der Waals surface area contributed by atoms with E-state index in [1.807, 2.05) is 11.3 Å². The van der Waals surface area contributed by atoms with Crippen molar-refractivity contribution in [3.63, 3.8) is 0 Å². The largest absolute Gasteiger partial charge is 0.135 e. The summed E-state index contributed by atoms with van der Waals surface area (Å²) in [5.41, 5.74) is 15.9. The fourth-order valence-corrected chi connectivity index (χ4v) is 9.90. The van der Waals surface area contributed by atoms with Crippen LogP contribution in [0.5, 0.6) is 0 Å². The summed E-state index contributed by atoms with van der Waals surface area (Å²) in [6.07, 6.45) is 3.30. The van der Waals surface area contributed by atoms with Crippen molar-refractivity contribution in [3.05, 3.63) is 221 Å². The van der Waals surface area contributed by atoms with Crippen LogP contribution in [-0.4, -0.2) is 0 Å². The standard InChI is InChI=1S/C47H32S.C2H4/c1-30-12-2-5-15-35(30)36(34-25-24-32-13-3-4-14-33(32)29-34)26-22-31-23-27-43-40(28-31)46-45(39-18-8-11-21-44(39)48-46)47(43)41-19-9-6-16-37(41)38-17-7-10-20-42(38)47;1-2/h2-21,23-29H,22H2,1H3;1-2H2/b36-26-;. The van der Waals surface area contributed by atoms with Crippen molar-refractivity contribution in [2.75, 3.05) is 0 Å². The summed E-state index contributed by atoms with van der Waals surface area (Å²) < 4.78 is 1.36. The van der Waals surface area contributed by atoms with Gasteiger partial charge < -0.3 is 0 Å². The summed E-state index contributed by atoms with van der Waals surface area (Å²) in [5, 5.41) is 3.92. The molecule has 0 bridgehead atoms.